The van der Waals surface area contributed by atoms with Crippen LogP contribution in [0.25, 0.3) is 10.9 Å². The summed E-state index contributed by atoms with van der Waals surface area (Å²) in [6.07, 6.45) is 1.62. The lowest BCUT2D eigenvalue weighted by Gasteiger charge is -2.08. The summed E-state index contributed by atoms with van der Waals surface area (Å²) >= 11 is 0. The van der Waals surface area contributed by atoms with E-state index >= 15 is 0 Å². The second-order valence-corrected chi connectivity index (χ2v) is 5.75. The summed E-state index contributed by atoms with van der Waals surface area (Å²) in [5.41, 5.74) is 7.87. The fourth-order valence-corrected chi connectivity index (χ4v) is 2.66. The number of rotatable bonds is 5. The zero-order valence-corrected chi connectivity index (χ0v) is 14.2. The molecular formula is C19H16N6O2. The van der Waals surface area contributed by atoms with Crippen LogP contribution in [0, 0.1) is 0 Å². The molecule has 2 aromatic heterocycles. The predicted octanol–water partition coefficient (Wildman–Crippen LogP) is 3.04. The third-order valence-electron chi connectivity index (χ3n) is 3.87. The van der Waals surface area contributed by atoms with E-state index < -0.39 is 5.97 Å². The van der Waals surface area contributed by atoms with Crippen molar-refractivity contribution in [2.75, 3.05) is 11.1 Å². The number of H-pyrrole nitrogens is 1. The number of aromatic nitrogens is 4. The van der Waals surface area contributed by atoms with Gasteiger partial charge in [0.15, 0.2) is 12.4 Å². The number of anilines is 3. The molecule has 8 heteroatoms. The van der Waals surface area contributed by atoms with Crippen LogP contribution in [0.4, 0.5) is 17.6 Å². The normalized spacial score (nSPS) is 10.7. The Labute approximate surface area is 154 Å². The lowest BCUT2D eigenvalue weighted by Crippen LogP contribution is -2.11. The Bertz CT molecular complexity index is 1090. The van der Waals surface area contributed by atoms with Crippen LogP contribution in [0.1, 0.15) is 16.2 Å². The quantitative estimate of drug-likeness (QED) is 0.468. The molecule has 0 fully saturated rings. The molecule has 0 aliphatic carbocycles. The Kier molecular flexibility index (Phi) is 4.36. The number of nitrogens with zero attached hydrogens (tertiary/aromatic N) is 3. The Morgan fingerprint density at radius 2 is 1.81 bits per heavy atom. The molecule has 2 heterocycles. The molecule has 4 aromatic rings. The van der Waals surface area contributed by atoms with Gasteiger partial charge in [-0.25, -0.2) is 4.79 Å². The lowest BCUT2D eigenvalue weighted by molar-refractivity contribution is 0.0464. The molecule has 4 rings (SSSR count). The number of hydrogen-bond acceptors (Lipinski definition) is 7. The largest absolute Gasteiger partial charge is 0.454 e. The number of aromatic amines is 1. The van der Waals surface area contributed by atoms with E-state index in [2.05, 4.69) is 25.3 Å². The van der Waals surface area contributed by atoms with E-state index in [1.54, 1.807) is 6.20 Å². The molecule has 0 radical (unpaired) electrons. The van der Waals surface area contributed by atoms with Crippen LogP contribution in [0.15, 0.2) is 60.8 Å². The van der Waals surface area contributed by atoms with Gasteiger partial charge >= 0.3 is 5.97 Å². The minimum atomic E-state index is -0.469. The third kappa shape index (κ3) is 3.69. The maximum absolute atomic E-state index is 12.4. The first-order valence-electron chi connectivity index (χ1n) is 8.25. The Morgan fingerprint density at radius 1 is 1.04 bits per heavy atom. The highest BCUT2D eigenvalue weighted by Crippen LogP contribution is 2.19. The molecule has 27 heavy (non-hydrogen) atoms. The molecule has 0 unspecified atom stereocenters. The lowest BCUT2D eigenvalue weighted by atomic mass is 10.2. The van der Waals surface area contributed by atoms with Gasteiger partial charge in [-0.05, 0) is 18.2 Å². The first-order chi connectivity index (χ1) is 13.2. The number of esters is 1. The predicted molar refractivity (Wildman–Crippen MR) is 101 cm³/mol. The number of carbonyl (C=O) groups is 1. The Morgan fingerprint density at radius 3 is 2.67 bits per heavy atom. The summed E-state index contributed by atoms with van der Waals surface area (Å²) in [6, 6.07) is 16.9. The van der Waals surface area contributed by atoms with E-state index in [4.69, 9.17) is 10.5 Å². The van der Waals surface area contributed by atoms with Crippen LogP contribution in [0.2, 0.25) is 0 Å². The highest BCUT2D eigenvalue weighted by Gasteiger charge is 2.14. The Hall–Kier alpha value is -3.94. The van der Waals surface area contributed by atoms with Gasteiger partial charge in [-0.2, -0.15) is 15.0 Å². The van der Waals surface area contributed by atoms with E-state index in [1.165, 1.54) is 0 Å². The number of nitrogens with one attached hydrogen (secondary N) is 2. The topological polar surface area (TPSA) is 119 Å². The van der Waals surface area contributed by atoms with E-state index in [9.17, 15) is 4.79 Å². The van der Waals surface area contributed by atoms with E-state index in [0.29, 0.717) is 5.56 Å². The SMILES string of the molecule is Nc1nc(COC(=O)c2c[nH]c3ccccc23)nc(Nc2ccccc2)n1. The maximum atomic E-state index is 12.4. The molecule has 134 valence electrons. The minimum absolute atomic E-state index is 0.0431. The molecule has 0 aliphatic heterocycles. The third-order valence-corrected chi connectivity index (χ3v) is 3.87. The van der Waals surface area contributed by atoms with Crippen molar-refractivity contribution < 1.29 is 9.53 Å². The zero-order valence-electron chi connectivity index (χ0n) is 14.2. The van der Waals surface area contributed by atoms with Crippen LogP contribution in [-0.4, -0.2) is 25.9 Å². The first-order valence-corrected chi connectivity index (χ1v) is 8.25. The molecule has 4 N–H and O–H groups in total. The van der Waals surface area contributed by atoms with Gasteiger partial charge in [-0.3, -0.25) is 0 Å². The maximum Gasteiger partial charge on any atom is 0.340 e. The van der Waals surface area contributed by atoms with Crippen LogP contribution in [-0.2, 0) is 11.3 Å². The van der Waals surface area contributed by atoms with E-state index in [0.717, 1.165) is 16.6 Å². The highest BCUT2D eigenvalue weighted by molar-refractivity contribution is 6.03. The summed E-state index contributed by atoms with van der Waals surface area (Å²) in [7, 11) is 0. The molecule has 0 atom stereocenters. The fourth-order valence-electron chi connectivity index (χ4n) is 2.66. The first kappa shape index (κ1) is 16.5. The fraction of sp³-hybridized carbons (Fsp3) is 0.0526. The minimum Gasteiger partial charge on any atom is -0.454 e. The number of nitrogens with two attached hydrogens (primary N) is 1. The van der Waals surface area contributed by atoms with Crippen LogP contribution >= 0.6 is 0 Å². The number of ether oxygens (including phenoxy) is 1. The van der Waals surface area contributed by atoms with E-state index in [-0.39, 0.29) is 24.3 Å². The molecule has 0 bridgehead atoms. The summed E-state index contributed by atoms with van der Waals surface area (Å²) in [5.74, 6) is 0.117. The summed E-state index contributed by atoms with van der Waals surface area (Å²) in [6.45, 7) is -0.117. The van der Waals surface area contributed by atoms with Gasteiger partial charge in [0.1, 0.15) is 0 Å². The average Bonchev–Trinajstić information content (AvgIpc) is 3.11. The van der Waals surface area contributed by atoms with Crippen LogP contribution < -0.4 is 11.1 Å². The van der Waals surface area contributed by atoms with Crippen molar-refractivity contribution in [1.82, 2.24) is 19.9 Å². The second-order valence-electron chi connectivity index (χ2n) is 5.75. The molecule has 0 amide bonds. The standard InChI is InChI=1S/C19H16N6O2/c20-18-23-16(24-19(25-18)22-12-6-2-1-3-7-12)11-27-17(26)14-10-21-15-9-5-4-8-13(14)15/h1-10,21H,11H2,(H3,20,22,23,24,25). The smallest absolute Gasteiger partial charge is 0.340 e. The van der Waals surface area contributed by atoms with Gasteiger partial charge in [0.2, 0.25) is 11.9 Å². The van der Waals surface area contributed by atoms with Crippen LogP contribution in [0.5, 0.6) is 0 Å². The molecule has 0 saturated heterocycles. The van der Waals surface area contributed by atoms with Gasteiger partial charge in [0.05, 0.1) is 5.56 Å². The van der Waals surface area contributed by atoms with Crippen molar-refractivity contribution in [3.8, 4) is 0 Å². The zero-order chi connectivity index (χ0) is 18.6. The molecule has 0 saturated carbocycles. The van der Waals surface area contributed by atoms with Crippen molar-refractivity contribution >= 4 is 34.5 Å². The second kappa shape index (κ2) is 7.12. The van der Waals surface area contributed by atoms with E-state index in [1.807, 2.05) is 54.6 Å². The summed E-state index contributed by atoms with van der Waals surface area (Å²) < 4.78 is 5.35. The number of carbonyl (C=O) groups excluding carboxylic acids is 1. The Balaban J connectivity index is 1.48. The number of hydrogen-bond donors (Lipinski definition) is 3. The van der Waals surface area contributed by atoms with Gasteiger partial charge in [0, 0.05) is 22.8 Å². The van der Waals surface area contributed by atoms with Crippen molar-refractivity contribution in [3.05, 3.63) is 72.2 Å². The molecular weight excluding hydrogens is 344 g/mol. The van der Waals surface area contributed by atoms with Gasteiger partial charge in [-0.15, -0.1) is 0 Å². The van der Waals surface area contributed by atoms with Crippen molar-refractivity contribution in [1.29, 1.82) is 0 Å². The monoisotopic (exact) mass is 360 g/mol. The van der Waals surface area contributed by atoms with Gasteiger partial charge < -0.3 is 20.8 Å². The summed E-state index contributed by atoms with van der Waals surface area (Å²) in [5, 5.41) is 3.83. The molecule has 8 nitrogen and oxygen atoms in total. The van der Waals surface area contributed by atoms with Crippen molar-refractivity contribution in [2.45, 2.75) is 6.61 Å². The molecule has 0 spiro atoms. The van der Waals surface area contributed by atoms with Gasteiger partial charge in [-0.1, -0.05) is 36.4 Å². The number of para-hydroxylation sites is 2. The van der Waals surface area contributed by atoms with Crippen molar-refractivity contribution in [2.24, 2.45) is 0 Å². The molecule has 2 aromatic carbocycles. The van der Waals surface area contributed by atoms with Crippen molar-refractivity contribution in [3.63, 3.8) is 0 Å². The number of nitrogen functional groups attached to an aromatic ring is 1. The van der Waals surface area contributed by atoms with Gasteiger partial charge in [0.25, 0.3) is 0 Å². The number of benzene rings is 2. The number of fused-ring (bicyclic) bond motifs is 1. The average molecular weight is 360 g/mol. The molecule has 0 aliphatic rings. The summed E-state index contributed by atoms with van der Waals surface area (Å²) in [4.78, 5) is 27.7. The van der Waals surface area contributed by atoms with Crippen LogP contribution in [0.3, 0.4) is 0 Å². The highest BCUT2D eigenvalue weighted by atomic mass is 16.5.